The van der Waals surface area contributed by atoms with Gasteiger partial charge in [-0.1, -0.05) is 65.3 Å². The summed E-state index contributed by atoms with van der Waals surface area (Å²) in [6.07, 6.45) is 0.450. The lowest BCUT2D eigenvalue weighted by Gasteiger charge is -2.04. The standard InChI is InChI=1S/C25H20ClN5O2/c26-19-12-10-17(11-13-19)16-31-21-9-5-4-8-20(21)23(29-31)24(32)27-15-14-22-28-25(33-30-22)18-6-2-1-3-7-18/h1-13H,14-16H2,(H,27,32). The van der Waals surface area contributed by atoms with Crippen LogP contribution in [0.25, 0.3) is 22.4 Å². The maximum atomic E-state index is 12.9. The van der Waals surface area contributed by atoms with E-state index in [1.54, 1.807) is 0 Å². The number of halogens is 1. The zero-order valence-corrected chi connectivity index (χ0v) is 18.4. The minimum absolute atomic E-state index is 0.243. The second-order valence-corrected chi connectivity index (χ2v) is 7.97. The van der Waals surface area contributed by atoms with Crippen LogP contribution in [0, 0.1) is 0 Å². The van der Waals surface area contributed by atoms with Crippen molar-refractivity contribution in [3.8, 4) is 11.5 Å². The molecule has 0 atom stereocenters. The molecule has 0 spiro atoms. The van der Waals surface area contributed by atoms with Crippen LogP contribution in [0.15, 0.2) is 83.4 Å². The first-order valence-electron chi connectivity index (χ1n) is 10.5. The van der Waals surface area contributed by atoms with Gasteiger partial charge in [0.25, 0.3) is 11.8 Å². The molecule has 0 unspecified atom stereocenters. The molecule has 8 heteroatoms. The van der Waals surface area contributed by atoms with E-state index in [0.29, 0.717) is 41.9 Å². The van der Waals surface area contributed by atoms with E-state index in [4.69, 9.17) is 16.1 Å². The Kier molecular flexibility index (Phi) is 5.87. The lowest BCUT2D eigenvalue weighted by atomic mass is 10.2. The van der Waals surface area contributed by atoms with Crippen molar-refractivity contribution in [1.82, 2.24) is 25.2 Å². The van der Waals surface area contributed by atoms with Gasteiger partial charge >= 0.3 is 0 Å². The van der Waals surface area contributed by atoms with Gasteiger partial charge in [-0.3, -0.25) is 9.48 Å². The third-order valence-corrected chi connectivity index (χ3v) is 5.49. The smallest absolute Gasteiger partial charge is 0.272 e. The Balaban J connectivity index is 1.28. The highest BCUT2D eigenvalue weighted by atomic mass is 35.5. The molecule has 5 rings (SSSR count). The molecular weight excluding hydrogens is 438 g/mol. The molecule has 0 aliphatic rings. The Hall–Kier alpha value is -3.97. The number of carbonyl (C=O) groups is 1. The molecule has 0 radical (unpaired) electrons. The molecule has 0 bridgehead atoms. The van der Waals surface area contributed by atoms with Crippen molar-refractivity contribution in [1.29, 1.82) is 0 Å². The summed E-state index contributed by atoms with van der Waals surface area (Å²) in [7, 11) is 0. The molecule has 0 saturated carbocycles. The van der Waals surface area contributed by atoms with Crippen molar-refractivity contribution in [2.24, 2.45) is 0 Å². The molecule has 2 aromatic heterocycles. The Morgan fingerprint density at radius 1 is 0.970 bits per heavy atom. The molecule has 0 fully saturated rings. The predicted molar refractivity (Wildman–Crippen MR) is 126 cm³/mol. The van der Waals surface area contributed by atoms with E-state index in [1.165, 1.54) is 0 Å². The summed E-state index contributed by atoms with van der Waals surface area (Å²) in [6, 6.07) is 24.9. The first-order chi connectivity index (χ1) is 16.2. The van der Waals surface area contributed by atoms with Crippen LogP contribution >= 0.6 is 11.6 Å². The number of fused-ring (bicyclic) bond motifs is 1. The maximum absolute atomic E-state index is 12.9. The molecule has 1 N–H and O–H groups in total. The third kappa shape index (κ3) is 4.63. The van der Waals surface area contributed by atoms with E-state index in [0.717, 1.165) is 22.0 Å². The topological polar surface area (TPSA) is 85.8 Å². The lowest BCUT2D eigenvalue weighted by molar-refractivity contribution is 0.0949. The molecular formula is C25H20ClN5O2. The number of aromatic nitrogens is 4. The molecule has 0 aliphatic heterocycles. The van der Waals surface area contributed by atoms with Gasteiger partial charge in [0.1, 0.15) is 0 Å². The van der Waals surface area contributed by atoms with Crippen LogP contribution in [0.1, 0.15) is 21.9 Å². The van der Waals surface area contributed by atoms with Crippen LogP contribution in [0.4, 0.5) is 0 Å². The number of hydrogen-bond acceptors (Lipinski definition) is 5. The Morgan fingerprint density at radius 3 is 2.55 bits per heavy atom. The second kappa shape index (κ2) is 9.26. The monoisotopic (exact) mass is 457 g/mol. The zero-order chi connectivity index (χ0) is 22.6. The van der Waals surface area contributed by atoms with Crippen molar-refractivity contribution < 1.29 is 9.32 Å². The summed E-state index contributed by atoms with van der Waals surface area (Å²) < 4.78 is 7.15. The summed E-state index contributed by atoms with van der Waals surface area (Å²) >= 11 is 5.99. The number of nitrogens with zero attached hydrogens (tertiary/aromatic N) is 4. The van der Waals surface area contributed by atoms with Crippen molar-refractivity contribution in [3.05, 3.63) is 101 Å². The first kappa shape index (κ1) is 20.9. The number of hydrogen-bond donors (Lipinski definition) is 1. The normalized spacial score (nSPS) is 11.1. The van der Waals surface area contributed by atoms with E-state index < -0.39 is 0 Å². The van der Waals surface area contributed by atoms with Crippen molar-refractivity contribution in [2.45, 2.75) is 13.0 Å². The molecule has 164 valence electrons. The molecule has 7 nitrogen and oxygen atoms in total. The highest BCUT2D eigenvalue weighted by Crippen LogP contribution is 2.20. The molecule has 33 heavy (non-hydrogen) atoms. The minimum Gasteiger partial charge on any atom is -0.350 e. The quantitative estimate of drug-likeness (QED) is 0.381. The summed E-state index contributed by atoms with van der Waals surface area (Å²) in [5.74, 6) is 0.754. The number of carbonyl (C=O) groups excluding carboxylic acids is 1. The van der Waals surface area contributed by atoms with Gasteiger partial charge in [-0.25, -0.2) is 0 Å². The second-order valence-electron chi connectivity index (χ2n) is 7.54. The van der Waals surface area contributed by atoms with Gasteiger partial charge in [-0.05, 0) is 35.9 Å². The van der Waals surface area contributed by atoms with E-state index in [9.17, 15) is 4.79 Å². The molecule has 3 aromatic carbocycles. The third-order valence-electron chi connectivity index (χ3n) is 5.24. The molecule has 5 aromatic rings. The van der Waals surface area contributed by atoms with Crippen LogP contribution in [0.2, 0.25) is 5.02 Å². The largest absolute Gasteiger partial charge is 0.350 e. The highest BCUT2D eigenvalue weighted by Gasteiger charge is 2.17. The van der Waals surface area contributed by atoms with Crippen LogP contribution in [-0.2, 0) is 13.0 Å². The minimum atomic E-state index is -0.243. The van der Waals surface area contributed by atoms with Crippen molar-refractivity contribution in [2.75, 3.05) is 6.54 Å². The summed E-state index contributed by atoms with van der Waals surface area (Å²) in [4.78, 5) is 17.3. The van der Waals surface area contributed by atoms with Crippen molar-refractivity contribution in [3.63, 3.8) is 0 Å². The van der Waals surface area contributed by atoms with Gasteiger partial charge in [-0.15, -0.1) is 0 Å². The van der Waals surface area contributed by atoms with Crippen LogP contribution in [-0.4, -0.2) is 32.4 Å². The molecule has 2 heterocycles. The van der Waals surface area contributed by atoms with E-state index >= 15 is 0 Å². The van der Waals surface area contributed by atoms with Crippen LogP contribution in [0.5, 0.6) is 0 Å². The van der Waals surface area contributed by atoms with Gasteiger partial charge in [0.05, 0.1) is 12.1 Å². The Bertz CT molecular complexity index is 1390. The summed E-state index contributed by atoms with van der Waals surface area (Å²) in [5, 5.41) is 13.0. The maximum Gasteiger partial charge on any atom is 0.272 e. The average molecular weight is 458 g/mol. The van der Waals surface area contributed by atoms with E-state index in [1.807, 2.05) is 83.5 Å². The van der Waals surface area contributed by atoms with E-state index in [2.05, 4.69) is 20.6 Å². The Morgan fingerprint density at radius 2 is 1.73 bits per heavy atom. The molecule has 0 saturated heterocycles. The van der Waals surface area contributed by atoms with Gasteiger partial charge in [0, 0.05) is 28.9 Å². The number of rotatable bonds is 7. The number of amides is 1. The van der Waals surface area contributed by atoms with Gasteiger partial charge in [-0.2, -0.15) is 10.1 Å². The van der Waals surface area contributed by atoms with Gasteiger partial charge < -0.3 is 9.84 Å². The lowest BCUT2D eigenvalue weighted by Crippen LogP contribution is -2.26. The SMILES string of the molecule is O=C(NCCc1noc(-c2ccccc2)n1)c1nn(Cc2ccc(Cl)cc2)c2ccccc12. The fraction of sp³-hybridized carbons (Fsp3) is 0.120. The Labute approximate surface area is 195 Å². The van der Waals surface area contributed by atoms with Crippen molar-refractivity contribution >= 4 is 28.4 Å². The summed E-state index contributed by atoms with van der Waals surface area (Å²) in [5.41, 5.74) is 3.19. The highest BCUT2D eigenvalue weighted by molar-refractivity contribution is 6.30. The number of benzene rings is 3. The zero-order valence-electron chi connectivity index (χ0n) is 17.6. The first-order valence-corrected chi connectivity index (χ1v) is 10.9. The summed E-state index contributed by atoms with van der Waals surface area (Å²) in [6.45, 7) is 0.904. The number of nitrogens with one attached hydrogen (secondary N) is 1. The fourth-order valence-electron chi connectivity index (χ4n) is 3.60. The molecule has 1 amide bonds. The average Bonchev–Trinajstić information content (AvgIpc) is 3.47. The van der Waals surface area contributed by atoms with Crippen LogP contribution < -0.4 is 5.32 Å². The predicted octanol–water partition coefficient (Wildman–Crippen LogP) is 4.76. The number of para-hydroxylation sites is 1. The molecule has 0 aliphatic carbocycles. The fourth-order valence-corrected chi connectivity index (χ4v) is 3.73. The van der Waals surface area contributed by atoms with Crippen LogP contribution in [0.3, 0.4) is 0 Å². The van der Waals surface area contributed by atoms with Gasteiger partial charge in [0.15, 0.2) is 11.5 Å². The van der Waals surface area contributed by atoms with E-state index in [-0.39, 0.29) is 5.91 Å². The van der Waals surface area contributed by atoms with Gasteiger partial charge in [0.2, 0.25) is 0 Å².